The van der Waals surface area contributed by atoms with E-state index in [1.165, 1.54) is 11.8 Å². The lowest BCUT2D eigenvalue weighted by molar-refractivity contribution is -0.115. The summed E-state index contributed by atoms with van der Waals surface area (Å²) in [7, 11) is 1.57. The number of methoxy groups -OCH3 is 1. The molecular weight excluding hydrogens is 356 g/mol. The summed E-state index contributed by atoms with van der Waals surface area (Å²) in [6.07, 6.45) is 1.74. The van der Waals surface area contributed by atoms with Gasteiger partial charge in [0.1, 0.15) is 10.1 Å². The van der Waals surface area contributed by atoms with Crippen LogP contribution in [0, 0.1) is 0 Å². The van der Waals surface area contributed by atoms with Crippen molar-refractivity contribution in [1.29, 1.82) is 0 Å². The Morgan fingerprint density at radius 1 is 1.24 bits per heavy atom. The molecule has 7 heteroatoms. The van der Waals surface area contributed by atoms with E-state index < -0.39 is 0 Å². The number of ether oxygens (including phenoxy) is 1. The van der Waals surface area contributed by atoms with Crippen molar-refractivity contribution in [1.82, 2.24) is 5.32 Å². The molecule has 2 amide bonds. The molecule has 126 valence electrons. The molecule has 0 saturated carbocycles. The maximum atomic E-state index is 12.3. The van der Waals surface area contributed by atoms with Crippen LogP contribution in [0.2, 0.25) is 0 Å². The van der Waals surface area contributed by atoms with E-state index in [-0.39, 0.29) is 11.8 Å². The van der Waals surface area contributed by atoms with Crippen molar-refractivity contribution >= 4 is 51.9 Å². The van der Waals surface area contributed by atoms with Crippen LogP contribution < -0.4 is 15.4 Å². The number of carbonyl (C=O) groups excluding carboxylic acids is 2. The Hall–Kier alpha value is -2.64. The summed E-state index contributed by atoms with van der Waals surface area (Å²) in [6, 6.07) is 14.1. The van der Waals surface area contributed by atoms with Crippen LogP contribution in [0.25, 0.3) is 6.08 Å². The number of anilines is 1. The molecule has 0 radical (unpaired) electrons. The molecule has 0 unspecified atom stereocenters. The van der Waals surface area contributed by atoms with Crippen molar-refractivity contribution in [2.24, 2.45) is 0 Å². The van der Waals surface area contributed by atoms with Gasteiger partial charge in [-0.15, -0.1) is 0 Å². The largest absolute Gasteiger partial charge is 0.497 e. The van der Waals surface area contributed by atoms with Gasteiger partial charge in [0.2, 0.25) is 0 Å². The average molecular weight is 370 g/mol. The number of thioether (sulfide) groups is 1. The third kappa shape index (κ3) is 4.26. The normalized spacial score (nSPS) is 15.2. The quantitative estimate of drug-likeness (QED) is 0.637. The highest BCUT2D eigenvalue weighted by Gasteiger charge is 2.21. The predicted molar refractivity (Wildman–Crippen MR) is 104 cm³/mol. The van der Waals surface area contributed by atoms with Crippen molar-refractivity contribution in [3.8, 4) is 5.75 Å². The molecule has 0 spiro atoms. The van der Waals surface area contributed by atoms with Gasteiger partial charge >= 0.3 is 0 Å². The SMILES string of the molecule is COc1ccc(C(=O)Nc2cccc(C=C3SC(=S)NC3=O)c2)cc1. The fourth-order valence-electron chi connectivity index (χ4n) is 2.22. The van der Waals surface area contributed by atoms with E-state index in [0.29, 0.717) is 26.2 Å². The van der Waals surface area contributed by atoms with Gasteiger partial charge in [0.05, 0.1) is 12.0 Å². The van der Waals surface area contributed by atoms with Gasteiger partial charge in [-0.25, -0.2) is 0 Å². The van der Waals surface area contributed by atoms with Crippen LogP contribution in [-0.4, -0.2) is 23.2 Å². The summed E-state index contributed by atoms with van der Waals surface area (Å²) >= 11 is 6.19. The fourth-order valence-corrected chi connectivity index (χ4v) is 3.27. The first-order chi connectivity index (χ1) is 12.0. The number of hydrogen-bond acceptors (Lipinski definition) is 5. The van der Waals surface area contributed by atoms with E-state index in [4.69, 9.17) is 17.0 Å². The van der Waals surface area contributed by atoms with Crippen LogP contribution in [0.1, 0.15) is 15.9 Å². The monoisotopic (exact) mass is 370 g/mol. The minimum Gasteiger partial charge on any atom is -0.497 e. The van der Waals surface area contributed by atoms with Gasteiger partial charge in [-0.2, -0.15) is 0 Å². The fraction of sp³-hybridized carbons (Fsp3) is 0.0556. The van der Waals surface area contributed by atoms with Gasteiger partial charge in [0.15, 0.2) is 0 Å². The standard InChI is InChI=1S/C18H14N2O3S2/c1-23-14-7-5-12(6-8-14)16(21)19-13-4-2-3-11(9-13)10-15-17(22)20-18(24)25-15/h2-10H,1H3,(H,19,21)(H,20,22,24). The minimum atomic E-state index is -0.221. The highest BCUT2D eigenvalue weighted by Crippen LogP contribution is 2.26. The first-order valence-corrected chi connectivity index (χ1v) is 8.58. The van der Waals surface area contributed by atoms with Gasteiger partial charge in [0, 0.05) is 11.3 Å². The second-order valence-electron chi connectivity index (χ2n) is 5.16. The Bertz CT molecular complexity index is 876. The number of carbonyl (C=O) groups is 2. The number of thiocarbonyl (C=S) groups is 1. The lowest BCUT2D eigenvalue weighted by Crippen LogP contribution is -2.17. The van der Waals surface area contributed by atoms with Crippen LogP contribution in [0.15, 0.2) is 53.4 Å². The van der Waals surface area contributed by atoms with Crippen LogP contribution in [0.4, 0.5) is 5.69 Å². The van der Waals surface area contributed by atoms with Crippen LogP contribution >= 0.6 is 24.0 Å². The Kier molecular flexibility index (Phi) is 5.16. The molecule has 5 nitrogen and oxygen atoms in total. The number of hydrogen-bond donors (Lipinski definition) is 2. The molecule has 1 aliphatic rings. The third-order valence-corrected chi connectivity index (χ3v) is 4.60. The second kappa shape index (κ2) is 7.50. The summed E-state index contributed by atoms with van der Waals surface area (Å²) in [5.41, 5.74) is 1.97. The molecule has 1 heterocycles. The average Bonchev–Trinajstić information content (AvgIpc) is 2.92. The Morgan fingerprint density at radius 2 is 2.00 bits per heavy atom. The Balaban J connectivity index is 1.75. The summed E-state index contributed by atoms with van der Waals surface area (Å²) in [6.45, 7) is 0. The molecule has 2 aromatic rings. The van der Waals surface area contributed by atoms with Crippen LogP contribution in [0.3, 0.4) is 0 Å². The van der Waals surface area contributed by atoms with E-state index in [1.54, 1.807) is 49.6 Å². The van der Waals surface area contributed by atoms with Crippen molar-refractivity contribution in [3.63, 3.8) is 0 Å². The van der Waals surface area contributed by atoms with Gasteiger partial charge in [-0.3, -0.25) is 9.59 Å². The van der Waals surface area contributed by atoms with Gasteiger partial charge in [0.25, 0.3) is 11.8 Å². The number of nitrogens with one attached hydrogen (secondary N) is 2. The lowest BCUT2D eigenvalue weighted by Gasteiger charge is -2.07. The zero-order chi connectivity index (χ0) is 17.8. The van der Waals surface area contributed by atoms with Crippen molar-refractivity contribution in [2.45, 2.75) is 0 Å². The van der Waals surface area contributed by atoms with E-state index in [0.717, 1.165) is 5.56 Å². The van der Waals surface area contributed by atoms with Crippen LogP contribution in [0.5, 0.6) is 5.75 Å². The molecular formula is C18H14N2O3S2. The van der Waals surface area contributed by atoms with Crippen LogP contribution in [-0.2, 0) is 4.79 Å². The first-order valence-electron chi connectivity index (χ1n) is 7.35. The van der Waals surface area contributed by atoms with Crippen molar-refractivity contribution in [2.75, 3.05) is 12.4 Å². The first kappa shape index (κ1) is 17.2. The number of benzene rings is 2. The summed E-state index contributed by atoms with van der Waals surface area (Å²) in [4.78, 5) is 24.6. The van der Waals surface area contributed by atoms with Crippen molar-refractivity contribution in [3.05, 3.63) is 64.6 Å². The van der Waals surface area contributed by atoms with Gasteiger partial charge < -0.3 is 15.4 Å². The predicted octanol–water partition coefficient (Wildman–Crippen LogP) is 3.44. The molecule has 1 fully saturated rings. The smallest absolute Gasteiger partial charge is 0.263 e. The molecule has 0 bridgehead atoms. The van der Waals surface area contributed by atoms with E-state index in [2.05, 4.69) is 10.6 Å². The number of rotatable bonds is 4. The zero-order valence-electron chi connectivity index (χ0n) is 13.2. The Labute approximate surface area is 154 Å². The molecule has 0 aliphatic carbocycles. The maximum absolute atomic E-state index is 12.3. The second-order valence-corrected chi connectivity index (χ2v) is 6.88. The molecule has 0 aromatic heterocycles. The lowest BCUT2D eigenvalue weighted by atomic mass is 10.1. The molecule has 25 heavy (non-hydrogen) atoms. The molecule has 1 saturated heterocycles. The van der Waals surface area contributed by atoms with E-state index >= 15 is 0 Å². The Morgan fingerprint density at radius 3 is 2.64 bits per heavy atom. The molecule has 2 aromatic carbocycles. The molecule has 3 rings (SSSR count). The topological polar surface area (TPSA) is 67.4 Å². The molecule has 2 N–H and O–H groups in total. The molecule has 0 atom stereocenters. The summed E-state index contributed by atoms with van der Waals surface area (Å²) < 4.78 is 5.53. The number of amides is 2. The van der Waals surface area contributed by atoms with Gasteiger partial charge in [-0.1, -0.05) is 36.1 Å². The van der Waals surface area contributed by atoms with Gasteiger partial charge in [-0.05, 0) is 48.0 Å². The van der Waals surface area contributed by atoms with Crippen molar-refractivity contribution < 1.29 is 14.3 Å². The summed E-state index contributed by atoms with van der Waals surface area (Å²) in [5.74, 6) is 0.264. The third-order valence-electron chi connectivity index (χ3n) is 3.44. The minimum absolute atomic E-state index is 0.206. The van der Waals surface area contributed by atoms with E-state index in [9.17, 15) is 9.59 Å². The van der Waals surface area contributed by atoms with E-state index in [1.807, 2.05) is 12.1 Å². The highest BCUT2D eigenvalue weighted by molar-refractivity contribution is 8.26. The summed E-state index contributed by atoms with van der Waals surface area (Å²) in [5, 5.41) is 5.41. The molecule has 1 aliphatic heterocycles. The highest BCUT2D eigenvalue weighted by atomic mass is 32.2. The maximum Gasteiger partial charge on any atom is 0.263 e. The zero-order valence-corrected chi connectivity index (χ0v) is 14.9.